The number of nitrogens with one attached hydrogen (secondary N) is 1. The van der Waals surface area contributed by atoms with Crippen molar-refractivity contribution < 1.29 is 23.1 Å². The zero-order chi connectivity index (χ0) is 18.1. The van der Waals surface area contributed by atoms with Crippen LogP contribution in [0.5, 0.6) is 0 Å². The molecule has 8 heteroatoms. The second kappa shape index (κ2) is 7.13. The van der Waals surface area contributed by atoms with E-state index in [1.54, 1.807) is 20.8 Å². The Morgan fingerprint density at radius 1 is 1.42 bits per heavy atom. The molecule has 0 radical (unpaired) electrons. The molecular formula is C16H24F3N3O2. The molecule has 0 bridgehead atoms. The predicted molar refractivity (Wildman–Crippen MR) is 82.5 cm³/mol. The number of rotatable bonds is 5. The molecule has 1 saturated carbocycles. The minimum Gasteiger partial charge on any atom is -0.396 e. The van der Waals surface area contributed by atoms with Crippen molar-refractivity contribution in [1.29, 1.82) is 0 Å². The first-order valence-corrected chi connectivity index (χ1v) is 8.16. The fourth-order valence-electron chi connectivity index (χ4n) is 3.55. The number of aromatic nitrogens is 2. The van der Waals surface area contributed by atoms with Crippen molar-refractivity contribution in [2.24, 2.45) is 5.92 Å². The number of halogens is 3. The molecule has 5 nitrogen and oxygen atoms in total. The van der Waals surface area contributed by atoms with Crippen LogP contribution in [0.15, 0.2) is 0 Å². The summed E-state index contributed by atoms with van der Waals surface area (Å²) in [5.41, 5.74) is 1.33. The number of nitrogens with zero attached hydrogens (tertiary/aromatic N) is 2. The molecule has 24 heavy (non-hydrogen) atoms. The van der Waals surface area contributed by atoms with Gasteiger partial charge in [-0.25, -0.2) is 0 Å². The van der Waals surface area contributed by atoms with Gasteiger partial charge in [-0.3, -0.25) is 9.48 Å². The van der Waals surface area contributed by atoms with Gasteiger partial charge in [0.25, 0.3) is 0 Å². The van der Waals surface area contributed by atoms with Crippen LogP contribution in [-0.2, 0) is 11.3 Å². The zero-order valence-electron chi connectivity index (χ0n) is 14.2. The van der Waals surface area contributed by atoms with Crippen molar-refractivity contribution in [1.82, 2.24) is 15.1 Å². The van der Waals surface area contributed by atoms with Gasteiger partial charge in [0.1, 0.15) is 6.54 Å². The van der Waals surface area contributed by atoms with E-state index in [4.69, 9.17) is 0 Å². The fraction of sp³-hybridized carbons (Fsp3) is 0.750. The Kier molecular flexibility index (Phi) is 5.57. The monoisotopic (exact) mass is 347 g/mol. The predicted octanol–water partition coefficient (Wildman–Crippen LogP) is 2.44. The number of carbonyl (C=O) groups is 1. The molecular weight excluding hydrogens is 323 g/mol. The number of alkyl halides is 3. The largest absolute Gasteiger partial charge is 0.408 e. The smallest absolute Gasteiger partial charge is 0.396 e. The van der Waals surface area contributed by atoms with Crippen molar-refractivity contribution in [2.45, 2.75) is 64.7 Å². The topological polar surface area (TPSA) is 67.2 Å². The molecule has 2 rings (SSSR count). The maximum atomic E-state index is 12.6. The van der Waals surface area contributed by atoms with Crippen LogP contribution in [0.4, 0.5) is 13.2 Å². The van der Waals surface area contributed by atoms with Crippen LogP contribution < -0.4 is 5.32 Å². The second-order valence-corrected chi connectivity index (χ2v) is 6.57. The molecule has 2 N–H and O–H groups in total. The Balaban J connectivity index is 2.14. The van der Waals surface area contributed by atoms with Crippen molar-refractivity contribution in [3.05, 3.63) is 17.0 Å². The number of amides is 1. The lowest BCUT2D eigenvalue weighted by Crippen LogP contribution is -2.40. The van der Waals surface area contributed by atoms with Gasteiger partial charge in [0.15, 0.2) is 0 Å². The van der Waals surface area contributed by atoms with Gasteiger partial charge >= 0.3 is 6.18 Å². The Morgan fingerprint density at radius 2 is 2.08 bits per heavy atom. The number of aliphatic hydroxyl groups is 1. The van der Waals surface area contributed by atoms with Gasteiger partial charge in [-0.2, -0.15) is 18.3 Å². The van der Waals surface area contributed by atoms with Crippen molar-refractivity contribution in [3.8, 4) is 0 Å². The zero-order valence-corrected chi connectivity index (χ0v) is 14.2. The van der Waals surface area contributed by atoms with Gasteiger partial charge in [0.05, 0.1) is 11.6 Å². The second-order valence-electron chi connectivity index (χ2n) is 6.57. The molecule has 0 aromatic carbocycles. The van der Waals surface area contributed by atoms with E-state index in [0.717, 1.165) is 23.9 Å². The van der Waals surface area contributed by atoms with E-state index in [9.17, 15) is 23.1 Å². The van der Waals surface area contributed by atoms with E-state index in [1.807, 2.05) is 0 Å². The summed E-state index contributed by atoms with van der Waals surface area (Å²) in [6.45, 7) is 3.71. The lowest BCUT2D eigenvalue weighted by molar-refractivity contribution is -0.143. The molecule has 0 saturated heterocycles. The molecule has 0 spiro atoms. The van der Waals surface area contributed by atoms with E-state index in [2.05, 4.69) is 10.4 Å². The van der Waals surface area contributed by atoms with Crippen LogP contribution in [0, 0.1) is 19.8 Å². The lowest BCUT2D eigenvalue weighted by atomic mass is 9.96. The van der Waals surface area contributed by atoms with Crippen LogP contribution in [0.1, 0.15) is 49.1 Å². The van der Waals surface area contributed by atoms with Crippen LogP contribution in [0.25, 0.3) is 0 Å². The molecule has 1 amide bonds. The SMILES string of the molecule is Cc1nn(CC(F)(F)F)c(C)c1C(C)C(=O)NC1CCCC1CO. The van der Waals surface area contributed by atoms with Crippen LogP contribution >= 0.6 is 0 Å². The first-order valence-electron chi connectivity index (χ1n) is 8.16. The lowest BCUT2D eigenvalue weighted by Gasteiger charge is -2.22. The van der Waals surface area contributed by atoms with Crippen LogP contribution in [0.3, 0.4) is 0 Å². The molecule has 136 valence electrons. The third-order valence-electron chi connectivity index (χ3n) is 4.81. The summed E-state index contributed by atoms with van der Waals surface area (Å²) in [5.74, 6) is -0.777. The third kappa shape index (κ3) is 4.09. The van der Waals surface area contributed by atoms with Gasteiger partial charge in [-0.15, -0.1) is 0 Å². The molecule has 1 aromatic rings. The minimum atomic E-state index is -4.36. The number of aryl methyl sites for hydroxylation is 1. The summed E-state index contributed by atoms with van der Waals surface area (Å²) < 4.78 is 38.7. The summed E-state index contributed by atoms with van der Waals surface area (Å²) in [6, 6.07) is -0.0733. The van der Waals surface area contributed by atoms with E-state index >= 15 is 0 Å². The first-order chi connectivity index (χ1) is 11.1. The van der Waals surface area contributed by atoms with Gasteiger partial charge in [-0.05, 0) is 33.6 Å². The summed E-state index contributed by atoms with van der Waals surface area (Å²) in [6.07, 6.45) is -1.72. The highest BCUT2D eigenvalue weighted by Gasteiger charge is 2.33. The molecule has 1 fully saturated rings. The van der Waals surface area contributed by atoms with Crippen molar-refractivity contribution in [3.63, 3.8) is 0 Å². The van der Waals surface area contributed by atoms with Crippen LogP contribution in [0.2, 0.25) is 0 Å². The standard InChI is InChI=1S/C16H24F3N3O2/c1-9(15(24)20-13-6-4-5-12(13)7-23)14-10(2)21-22(11(14)3)8-16(17,18)19/h9,12-13,23H,4-8H2,1-3H3,(H,20,24). The molecule has 1 heterocycles. The van der Waals surface area contributed by atoms with Gasteiger partial charge < -0.3 is 10.4 Å². The highest BCUT2D eigenvalue weighted by atomic mass is 19.4. The van der Waals surface area contributed by atoms with Crippen molar-refractivity contribution >= 4 is 5.91 Å². The highest BCUT2D eigenvalue weighted by molar-refractivity contribution is 5.84. The first kappa shape index (κ1) is 18.8. The van der Waals surface area contributed by atoms with E-state index in [0.29, 0.717) is 17.0 Å². The summed E-state index contributed by atoms with van der Waals surface area (Å²) in [7, 11) is 0. The molecule has 1 aliphatic rings. The highest BCUT2D eigenvalue weighted by Crippen LogP contribution is 2.29. The fourth-order valence-corrected chi connectivity index (χ4v) is 3.55. The minimum absolute atomic E-state index is 0.0287. The van der Waals surface area contributed by atoms with Gasteiger partial charge in [-0.1, -0.05) is 6.42 Å². The molecule has 3 atom stereocenters. The van der Waals surface area contributed by atoms with E-state index in [-0.39, 0.29) is 24.5 Å². The number of aliphatic hydroxyl groups excluding tert-OH is 1. The Hall–Kier alpha value is -1.57. The average molecular weight is 347 g/mol. The van der Waals surface area contributed by atoms with E-state index < -0.39 is 18.6 Å². The Bertz CT molecular complexity index is 598. The van der Waals surface area contributed by atoms with Gasteiger partial charge in [0, 0.05) is 29.8 Å². The molecule has 0 aliphatic heterocycles. The summed E-state index contributed by atoms with van der Waals surface area (Å²) >= 11 is 0. The molecule has 1 aromatic heterocycles. The quantitative estimate of drug-likeness (QED) is 0.860. The average Bonchev–Trinajstić information content (AvgIpc) is 3.01. The number of carbonyl (C=O) groups excluding carboxylic acids is 1. The van der Waals surface area contributed by atoms with Crippen LogP contribution in [-0.4, -0.2) is 39.6 Å². The van der Waals surface area contributed by atoms with Crippen molar-refractivity contribution in [2.75, 3.05) is 6.61 Å². The Labute approximate surface area is 139 Å². The number of hydrogen-bond acceptors (Lipinski definition) is 3. The van der Waals surface area contributed by atoms with Gasteiger partial charge in [0.2, 0.25) is 5.91 Å². The van der Waals surface area contributed by atoms with E-state index in [1.165, 1.54) is 0 Å². The maximum Gasteiger partial charge on any atom is 0.408 e. The molecule has 1 aliphatic carbocycles. The molecule has 3 unspecified atom stereocenters. The third-order valence-corrected chi connectivity index (χ3v) is 4.81. The summed E-state index contributed by atoms with van der Waals surface area (Å²) in [5, 5.41) is 16.2. The maximum absolute atomic E-state index is 12.6. The normalized spacial score (nSPS) is 22.6. The number of hydrogen-bond donors (Lipinski definition) is 2. The Morgan fingerprint density at radius 3 is 2.67 bits per heavy atom. The summed E-state index contributed by atoms with van der Waals surface area (Å²) in [4.78, 5) is 12.5.